The van der Waals surface area contributed by atoms with Crippen LogP contribution in [-0.2, 0) is 17.6 Å². The standard InChI is InChI=1S/C31H41N8O3/c1-22-9-12-26(19-33-22)42-18-17-38(15-5-4-8-25-11-10-24-7-6-14-32-30(24)35-25)16-13-27(23(2)40)36-31-29-28(20-37(29)3)34-21-39(31)41/h9-12,19-21,27,41H,4-8,13-18H2,1-3H3,(H,32,35)/q+1/p+1/t27-/m0/s1. The Balaban J connectivity index is 1.17. The molecular weight excluding hydrogens is 532 g/mol. The van der Waals surface area contributed by atoms with Crippen LogP contribution in [0.15, 0.2) is 36.8 Å². The fourth-order valence-corrected chi connectivity index (χ4v) is 5.40. The summed E-state index contributed by atoms with van der Waals surface area (Å²) >= 11 is 0. The number of anilines is 2. The molecule has 0 saturated carbocycles. The predicted octanol–water partition coefficient (Wildman–Crippen LogP) is 2.93. The summed E-state index contributed by atoms with van der Waals surface area (Å²) in [4.78, 5) is 28.4. The van der Waals surface area contributed by atoms with Gasteiger partial charge in [-0.25, -0.2) is 4.98 Å². The highest BCUT2D eigenvalue weighted by Crippen LogP contribution is 2.28. The number of nitrogens with zero attached hydrogens (tertiary/aromatic N) is 6. The second-order valence-electron chi connectivity index (χ2n) is 11.1. The normalized spacial score (nSPS) is 14.2. The Morgan fingerprint density at radius 3 is 2.86 bits per heavy atom. The van der Waals surface area contributed by atoms with Gasteiger partial charge in [0.2, 0.25) is 6.21 Å². The van der Waals surface area contributed by atoms with Crippen LogP contribution in [-0.4, -0.2) is 87.5 Å². The summed E-state index contributed by atoms with van der Waals surface area (Å²) in [6.45, 7) is 7.36. The van der Waals surface area contributed by atoms with Crippen LogP contribution in [0.1, 0.15) is 55.3 Å². The highest BCUT2D eigenvalue weighted by molar-refractivity contribution is 5.91. The van der Waals surface area contributed by atoms with Gasteiger partial charge in [-0.3, -0.25) is 20.0 Å². The average Bonchev–Trinajstić information content (AvgIpc) is 2.98. The highest BCUT2D eigenvalue weighted by atomic mass is 16.5. The van der Waals surface area contributed by atoms with Gasteiger partial charge in [0.15, 0.2) is 5.78 Å². The van der Waals surface area contributed by atoms with E-state index in [0.29, 0.717) is 25.4 Å². The summed E-state index contributed by atoms with van der Waals surface area (Å²) in [5.74, 6) is 2.28. The number of aryl methyl sites for hydroxylation is 3. The quantitative estimate of drug-likeness (QED) is 0.143. The van der Waals surface area contributed by atoms with Gasteiger partial charge >= 0.3 is 11.5 Å². The van der Waals surface area contributed by atoms with Gasteiger partial charge in [-0.1, -0.05) is 15.8 Å². The first-order valence-electron chi connectivity index (χ1n) is 14.9. The summed E-state index contributed by atoms with van der Waals surface area (Å²) in [6.07, 6.45) is 10.8. The summed E-state index contributed by atoms with van der Waals surface area (Å²) in [6, 6.07) is 7.79. The Morgan fingerprint density at radius 1 is 1.19 bits per heavy atom. The number of nitrogens with one attached hydrogen (secondary N) is 2. The van der Waals surface area contributed by atoms with E-state index in [4.69, 9.17) is 9.72 Å². The summed E-state index contributed by atoms with van der Waals surface area (Å²) in [7, 11) is 1.89. The molecule has 1 atom stereocenters. The third-order valence-electron chi connectivity index (χ3n) is 7.88. The Morgan fingerprint density at radius 2 is 2.07 bits per heavy atom. The molecule has 0 spiro atoms. The molecule has 42 heavy (non-hydrogen) atoms. The molecule has 222 valence electrons. The third kappa shape index (κ3) is 7.39. The maximum Gasteiger partial charge on any atom is 0.336 e. The van der Waals surface area contributed by atoms with Crippen molar-refractivity contribution in [2.75, 3.05) is 50.5 Å². The number of aromatic nitrogens is 4. The number of ketones is 1. The summed E-state index contributed by atoms with van der Waals surface area (Å²) < 4.78 is 8.81. The van der Waals surface area contributed by atoms with E-state index in [9.17, 15) is 10.0 Å². The molecule has 0 aromatic carbocycles. The minimum atomic E-state index is -0.458. The number of unbranched alkanes of at least 4 members (excludes halogenated alkanes) is 1. The van der Waals surface area contributed by atoms with Crippen LogP contribution in [0.4, 0.5) is 17.3 Å². The Kier molecular flexibility index (Phi) is 9.58. The van der Waals surface area contributed by atoms with E-state index in [0.717, 1.165) is 90.8 Å². The number of carbonyl (C=O) groups is 1. The molecule has 11 nitrogen and oxygen atoms in total. The number of rotatable bonds is 15. The molecule has 2 aliphatic heterocycles. The van der Waals surface area contributed by atoms with Gasteiger partial charge in [0.25, 0.3) is 12.0 Å². The van der Waals surface area contributed by atoms with Crippen LogP contribution >= 0.6 is 0 Å². The average molecular weight is 575 g/mol. The molecule has 11 heteroatoms. The first-order valence-corrected chi connectivity index (χ1v) is 14.9. The number of hydrogen-bond acceptors (Lipinski definition) is 9. The van der Waals surface area contributed by atoms with Crippen molar-refractivity contribution >= 4 is 29.3 Å². The van der Waals surface area contributed by atoms with Gasteiger partial charge in [0.05, 0.1) is 6.20 Å². The molecule has 0 unspecified atom stereocenters. The lowest BCUT2D eigenvalue weighted by Crippen LogP contribution is -2.43. The van der Waals surface area contributed by atoms with Gasteiger partial charge in [-0.2, -0.15) is 4.58 Å². The van der Waals surface area contributed by atoms with E-state index < -0.39 is 6.04 Å². The molecular formula is C31H42N8O3+2. The van der Waals surface area contributed by atoms with Crippen molar-refractivity contribution in [2.45, 2.75) is 58.4 Å². The van der Waals surface area contributed by atoms with Crippen LogP contribution in [0, 0.1) is 6.92 Å². The van der Waals surface area contributed by atoms with Crippen molar-refractivity contribution in [1.29, 1.82) is 0 Å². The van der Waals surface area contributed by atoms with Crippen molar-refractivity contribution in [1.82, 2.24) is 19.9 Å². The van der Waals surface area contributed by atoms with Crippen molar-refractivity contribution < 1.29 is 24.0 Å². The number of carbonyl (C=O) groups excluding carboxylic acids is 1. The smallest absolute Gasteiger partial charge is 0.336 e. The molecule has 0 fully saturated rings. The van der Waals surface area contributed by atoms with E-state index in [1.54, 1.807) is 13.1 Å². The van der Waals surface area contributed by atoms with Crippen molar-refractivity contribution in [3.8, 4) is 5.75 Å². The first kappa shape index (κ1) is 29.4. The molecule has 5 rings (SSSR count). The van der Waals surface area contributed by atoms with E-state index >= 15 is 0 Å². The molecule has 0 saturated heterocycles. The van der Waals surface area contributed by atoms with Crippen LogP contribution < -0.4 is 20.1 Å². The van der Waals surface area contributed by atoms with Crippen molar-refractivity contribution in [2.24, 2.45) is 0 Å². The molecule has 0 aliphatic carbocycles. The maximum atomic E-state index is 12.7. The van der Waals surface area contributed by atoms with E-state index in [1.807, 2.05) is 36.9 Å². The van der Waals surface area contributed by atoms with Crippen molar-refractivity contribution in [3.63, 3.8) is 0 Å². The fraction of sp³-hybridized carbons (Fsp3) is 0.484. The van der Waals surface area contributed by atoms with E-state index in [1.165, 1.54) is 11.9 Å². The number of hydrogen-bond donors (Lipinski definition) is 3. The number of ether oxygens (including phenoxy) is 1. The first-order chi connectivity index (χ1) is 20.4. The lowest BCUT2D eigenvalue weighted by Gasteiger charge is -2.24. The summed E-state index contributed by atoms with van der Waals surface area (Å²) in [5, 5.41) is 17.1. The molecule has 0 amide bonds. The fourth-order valence-electron chi connectivity index (χ4n) is 5.40. The van der Waals surface area contributed by atoms with Crippen LogP contribution in [0.5, 0.6) is 5.75 Å². The van der Waals surface area contributed by atoms with Gasteiger partial charge in [0.1, 0.15) is 31.3 Å². The SMILES string of the molecule is CC(=O)[C@H](CCN(CCCCc1ccc2c(n1)NCCC2)CCOc1ccc(C)nc1)Nc1c2c(nc[n+]1O)C=[N+]2C. The van der Waals surface area contributed by atoms with Gasteiger partial charge < -0.3 is 15.3 Å². The lowest BCUT2D eigenvalue weighted by molar-refractivity contribution is -0.896. The minimum absolute atomic E-state index is 0.0144. The number of pyridine rings is 2. The number of Topliss-reactive ketones (excluding diaryl/α,β-unsaturated/α-hetero) is 1. The van der Waals surface area contributed by atoms with Crippen LogP contribution in [0.2, 0.25) is 0 Å². The molecule has 5 heterocycles. The topological polar surface area (TPSA) is 119 Å². The third-order valence-corrected chi connectivity index (χ3v) is 7.88. The second-order valence-corrected chi connectivity index (χ2v) is 11.1. The second kappa shape index (κ2) is 13.7. The number of fused-ring (bicyclic) bond motifs is 2. The minimum Gasteiger partial charge on any atom is -0.491 e. The van der Waals surface area contributed by atoms with Crippen LogP contribution in [0.25, 0.3) is 0 Å². The summed E-state index contributed by atoms with van der Waals surface area (Å²) in [5.41, 5.74) is 4.94. The monoisotopic (exact) mass is 574 g/mol. The van der Waals surface area contributed by atoms with Crippen LogP contribution in [0.3, 0.4) is 0 Å². The highest BCUT2D eigenvalue weighted by Gasteiger charge is 2.38. The Hall–Kier alpha value is -4.12. The Bertz CT molecular complexity index is 1430. The van der Waals surface area contributed by atoms with E-state index in [2.05, 4.69) is 37.6 Å². The molecule has 0 radical (unpaired) electrons. The largest absolute Gasteiger partial charge is 0.491 e. The molecule has 3 aromatic heterocycles. The molecule has 0 bridgehead atoms. The maximum absolute atomic E-state index is 12.7. The lowest BCUT2D eigenvalue weighted by atomic mass is 10.1. The van der Waals surface area contributed by atoms with Gasteiger partial charge in [-0.05, 0) is 76.3 Å². The Labute approximate surface area is 247 Å². The molecule has 3 aromatic rings. The van der Waals surface area contributed by atoms with Crippen molar-refractivity contribution in [3.05, 3.63) is 59.4 Å². The molecule has 3 N–H and O–H groups in total. The van der Waals surface area contributed by atoms with E-state index in [-0.39, 0.29) is 5.78 Å². The molecule has 2 aliphatic rings. The van der Waals surface area contributed by atoms with Gasteiger partial charge in [-0.15, -0.1) is 0 Å². The van der Waals surface area contributed by atoms with Gasteiger partial charge in [0, 0.05) is 37.4 Å². The zero-order chi connectivity index (χ0) is 29.5. The predicted molar refractivity (Wildman–Crippen MR) is 160 cm³/mol. The zero-order valence-corrected chi connectivity index (χ0v) is 24.8. The zero-order valence-electron chi connectivity index (χ0n) is 24.8.